The van der Waals surface area contributed by atoms with E-state index in [1.54, 1.807) is 52.0 Å². The van der Waals surface area contributed by atoms with Crippen molar-refractivity contribution in [1.82, 2.24) is 20.3 Å². The number of hydrogen-bond donors (Lipinski definition) is 5. The van der Waals surface area contributed by atoms with Gasteiger partial charge in [-0.3, -0.25) is 14.7 Å². The van der Waals surface area contributed by atoms with Crippen LogP contribution in [0.15, 0.2) is 78.1 Å². The quantitative estimate of drug-likeness (QED) is 0.0675. The lowest BCUT2D eigenvalue weighted by Crippen LogP contribution is -2.30. The predicted octanol–water partition coefficient (Wildman–Crippen LogP) is 7.51. The van der Waals surface area contributed by atoms with Gasteiger partial charge in [-0.25, -0.2) is 4.39 Å². The highest BCUT2D eigenvalue weighted by molar-refractivity contribution is 7.64. The highest BCUT2D eigenvalue weighted by atomic mass is 31.2. The summed E-state index contributed by atoms with van der Waals surface area (Å²) in [7, 11) is -6.98. The Labute approximate surface area is 260 Å². The van der Waals surface area contributed by atoms with E-state index in [9.17, 15) is 22.6 Å². The zero-order valence-electron chi connectivity index (χ0n) is 25.2. The molecular weight excluding hydrogens is 634 g/mol. The molecule has 1 unspecified atom stereocenters. The maximum absolute atomic E-state index is 15.2. The summed E-state index contributed by atoms with van der Waals surface area (Å²) in [6, 6.07) is 15.8. The fourth-order valence-corrected chi connectivity index (χ4v) is 9.29. The molecule has 0 spiro atoms. The molecule has 0 saturated carbocycles. The van der Waals surface area contributed by atoms with Crippen molar-refractivity contribution < 1.29 is 41.0 Å². The number of halogens is 4. The Morgan fingerprint density at radius 1 is 0.867 bits per heavy atom. The largest absolute Gasteiger partial charge is 0.490 e. The first-order valence-corrected chi connectivity index (χ1v) is 17.7. The minimum Gasteiger partial charge on any atom is -0.490 e. The third kappa shape index (κ3) is 8.76. The van der Waals surface area contributed by atoms with E-state index in [4.69, 9.17) is 14.0 Å². The number of allylic oxidation sites excluding steroid dienone is 2. The molecule has 0 amide bonds. The molecule has 3 aromatic rings. The van der Waals surface area contributed by atoms with Crippen LogP contribution >= 0.6 is 15.5 Å². The van der Waals surface area contributed by atoms with Crippen molar-refractivity contribution in [2.45, 2.75) is 39.7 Å². The summed E-state index contributed by atoms with van der Waals surface area (Å²) in [6.45, 7) is 7.84. The SMILES string of the molecule is CCNP(=O)(NCC)C(O[P+]1(O)NC(C)=C(C)N1)c1ccc(OCCOc2ccc(-c3ccc(C(F)(F)F)cc3)cc2)c(F)c1. The average molecular weight is 672 g/mol. The highest BCUT2D eigenvalue weighted by Gasteiger charge is 2.52. The molecule has 1 heterocycles. The van der Waals surface area contributed by atoms with Gasteiger partial charge in [0.1, 0.15) is 19.0 Å². The van der Waals surface area contributed by atoms with E-state index < -0.39 is 38.9 Å². The van der Waals surface area contributed by atoms with Crippen LogP contribution in [0.2, 0.25) is 0 Å². The molecule has 5 N–H and O–H groups in total. The van der Waals surface area contributed by atoms with Crippen molar-refractivity contribution in [3.8, 4) is 22.6 Å². The first-order chi connectivity index (χ1) is 21.3. The standard InChI is InChI=1S/C30H37F4N4O5P2/c1-5-35-44(39,36-6-2)29(43-45(40)37-20(3)21(4)38-45)24-11-16-28(27(31)19-24)42-18-17-41-26-14-9-23(10-15-26)22-7-12-25(13-8-22)30(32,33)34/h7-16,19,29,37-38,40H,5-6,17-18H2,1-4H3,(H2,35,36,39)/q+1. The number of ether oxygens (including phenoxy) is 2. The molecule has 0 bridgehead atoms. The van der Waals surface area contributed by atoms with Gasteiger partial charge < -0.3 is 9.47 Å². The molecule has 1 aliphatic heterocycles. The van der Waals surface area contributed by atoms with Crippen LogP contribution in [0.4, 0.5) is 17.6 Å². The van der Waals surface area contributed by atoms with Crippen LogP contribution in [0.1, 0.15) is 44.7 Å². The molecular formula is C30H37F4N4O5P2+. The van der Waals surface area contributed by atoms with E-state index in [0.717, 1.165) is 23.8 Å². The van der Waals surface area contributed by atoms with Crippen molar-refractivity contribution in [1.29, 1.82) is 0 Å². The maximum atomic E-state index is 15.2. The lowest BCUT2D eigenvalue weighted by atomic mass is 10.0. The zero-order valence-corrected chi connectivity index (χ0v) is 27.0. The van der Waals surface area contributed by atoms with Gasteiger partial charge in [0.05, 0.1) is 17.0 Å². The van der Waals surface area contributed by atoms with Gasteiger partial charge in [0.2, 0.25) is 13.3 Å². The summed E-state index contributed by atoms with van der Waals surface area (Å²) >= 11 is 0. The lowest BCUT2D eigenvalue weighted by molar-refractivity contribution is -0.137. The van der Waals surface area contributed by atoms with Gasteiger partial charge in [0.15, 0.2) is 11.6 Å². The molecule has 0 radical (unpaired) electrons. The fourth-order valence-electron chi connectivity index (χ4n) is 4.57. The third-order valence-electron chi connectivity index (χ3n) is 6.82. The molecule has 244 valence electrons. The van der Waals surface area contributed by atoms with Crippen LogP contribution in [0.3, 0.4) is 0 Å². The van der Waals surface area contributed by atoms with Crippen LogP contribution < -0.4 is 29.8 Å². The second kappa shape index (κ2) is 14.5. The summed E-state index contributed by atoms with van der Waals surface area (Å²) in [5.74, 6) is -1.51. The average Bonchev–Trinajstić information content (AvgIpc) is 3.25. The molecule has 4 rings (SSSR count). The second-order valence-corrected chi connectivity index (χ2v) is 14.4. The maximum Gasteiger partial charge on any atom is 0.480 e. The summed E-state index contributed by atoms with van der Waals surface area (Å²) < 4.78 is 85.0. The molecule has 0 saturated heterocycles. The van der Waals surface area contributed by atoms with Gasteiger partial charge in [-0.1, -0.05) is 44.2 Å². The van der Waals surface area contributed by atoms with E-state index in [-0.39, 0.29) is 24.5 Å². The Bertz CT molecular complexity index is 1510. The molecule has 9 nitrogen and oxygen atoms in total. The minimum atomic E-state index is -4.40. The van der Waals surface area contributed by atoms with Crippen LogP contribution in [0.25, 0.3) is 11.1 Å². The van der Waals surface area contributed by atoms with Gasteiger partial charge in [-0.15, -0.1) is 4.52 Å². The minimum absolute atomic E-state index is 0.00741. The summed E-state index contributed by atoms with van der Waals surface area (Å²) in [6.07, 6.45) is -4.40. The van der Waals surface area contributed by atoms with E-state index in [1.807, 2.05) is 0 Å². The Balaban J connectivity index is 1.39. The first-order valence-electron chi connectivity index (χ1n) is 14.2. The van der Waals surface area contributed by atoms with Gasteiger partial charge >= 0.3 is 14.2 Å². The highest BCUT2D eigenvalue weighted by Crippen LogP contribution is 2.64. The van der Waals surface area contributed by atoms with E-state index in [2.05, 4.69) is 20.3 Å². The van der Waals surface area contributed by atoms with E-state index >= 15 is 4.39 Å². The number of hydrogen-bond acceptors (Lipinski definition) is 7. The van der Waals surface area contributed by atoms with Crippen molar-refractivity contribution >= 4 is 15.5 Å². The molecule has 0 aromatic heterocycles. The smallest absolute Gasteiger partial charge is 0.480 e. The van der Waals surface area contributed by atoms with Crippen molar-refractivity contribution in [2.75, 3.05) is 26.3 Å². The Kier molecular flexibility index (Phi) is 11.2. The molecule has 1 atom stereocenters. The van der Waals surface area contributed by atoms with E-state index in [1.165, 1.54) is 24.3 Å². The molecule has 0 fully saturated rings. The first kappa shape index (κ1) is 34.7. The van der Waals surface area contributed by atoms with Crippen molar-refractivity contribution in [2.24, 2.45) is 0 Å². The van der Waals surface area contributed by atoms with Crippen LogP contribution in [0, 0.1) is 5.82 Å². The topological polar surface area (TPSA) is 113 Å². The Hall–Kier alpha value is -3.18. The predicted molar refractivity (Wildman–Crippen MR) is 167 cm³/mol. The third-order valence-corrected chi connectivity index (χ3v) is 11.4. The molecule has 0 aliphatic carbocycles. The number of benzene rings is 3. The Morgan fingerprint density at radius 2 is 1.40 bits per heavy atom. The summed E-state index contributed by atoms with van der Waals surface area (Å²) in [5.41, 5.74) is 2.23. The monoisotopic (exact) mass is 671 g/mol. The van der Waals surface area contributed by atoms with Gasteiger partial charge in [0.25, 0.3) is 0 Å². The van der Waals surface area contributed by atoms with Gasteiger partial charge in [-0.05, 0) is 66.9 Å². The van der Waals surface area contributed by atoms with E-state index in [0.29, 0.717) is 35.8 Å². The summed E-state index contributed by atoms with van der Waals surface area (Å²) in [5, 5.41) is 11.6. The molecule has 15 heteroatoms. The number of alkyl halides is 3. The second-order valence-electron chi connectivity index (χ2n) is 10.2. The molecule has 3 aromatic carbocycles. The Morgan fingerprint density at radius 3 is 1.91 bits per heavy atom. The normalized spacial score (nSPS) is 15.4. The van der Waals surface area contributed by atoms with Crippen LogP contribution in [-0.2, 0) is 15.3 Å². The zero-order chi connectivity index (χ0) is 32.8. The number of nitrogens with one attached hydrogen (secondary N) is 4. The molecule has 1 aliphatic rings. The summed E-state index contributed by atoms with van der Waals surface area (Å²) in [4.78, 5) is 11.1. The van der Waals surface area contributed by atoms with Crippen molar-refractivity contribution in [3.63, 3.8) is 0 Å². The molecule has 45 heavy (non-hydrogen) atoms. The van der Waals surface area contributed by atoms with Crippen molar-refractivity contribution in [3.05, 3.63) is 95.1 Å². The fraction of sp³-hybridized carbons (Fsp3) is 0.333. The van der Waals surface area contributed by atoms with Gasteiger partial charge in [0, 0.05) is 13.1 Å². The van der Waals surface area contributed by atoms with Crippen LogP contribution in [-0.4, -0.2) is 31.2 Å². The van der Waals surface area contributed by atoms with Gasteiger partial charge in [-0.2, -0.15) is 28.2 Å². The van der Waals surface area contributed by atoms with Crippen LogP contribution in [0.5, 0.6) is 11.5 Å². The lowest BCUT2D eigenvalue weighted by Gasteiger charge is -2.29. The number of rotatable bonds is 14.